The van der Waals surface area contributed by atoms with Crippen molar-refractivity contribution >= 4 is 33.6 Å². The molecular weight excluding hydrogens is 1510 g/mol. The van der Waals surface area contributed by atoms with Crippen molar-refractivity contribution in [3.8, 4) is 0 Å². The standard InChI is InChI=1S/C99H162O16P2/c1-4-7-10-13-16-19-22-25-28-31-34-37-40-42-43-44-45-46-47-48-49-51-54-55-58-61-64-67-70-73-76-79-82-85-97(102)109-88-94(100)89-111-116(105,106)112-90-95(101)91-113-117(107,108)114-93-96(115-99(104)87-84-81-78-75-72-69-66-63-60-57-52-39-36-33-30-27-24-21-18-15-12-9-6-3)92-110-98(103)86-83-80-77-74-71-68-65-62-59-56-53-50-41-38-35-32-29-26-23-20-17-14-11-8-5-2/h7-12,16-21,25-30,34-39,42-43,45-46,50,53,57,60,66,69,94-96,100-101H,4-6,13-15,22-24,31-33,40-41,44,47-49,51-52,54-56,58-59,61-65,67-68,70-93H2,1-3H3,(H,105,106)(H,107,108)/b10-7-,11-8-,12-9-,19-16-,20-17-,21-18-,28-25-,29-26-,30-27-,37-34-,38-35-,39-36-,43-42-,46-45-,53-50-,60-57-,69-66-. The highest BCUT2D eigenvalue weighted by molar-refractivity contribution is 7.47. The molecule has 0 fully saturated rings. The van der Waals surface area contributed by atoms with Gasteiger partial charge in [0.2, 0.25) is 0 Å². The van der Waals surface area contributed by atoms with Crippen LogP contribution in [0.3, 0.4) is 0 Å². The lowest BCUT2D eigenvalue weighted by atomic mass is 10.0. The van der Waals surface area contributed by atoms with Gasteiger partial charge in [-0.1, -0.05) is 362 Å². The summed E-state index contributed by atoms with van der Waals surface area (Å²) < 4.78 is 61.4. The second kappa shape index (κ2) is 89.4. The molecule has 0 saturated carbocycles. The summed E-state index contributed by atoms with van der Waals surface area (Å²) in [5.74, 6) is -1.62. The van der Waals surface area contributed by atoms with Crippen LogP contribution in [0.15, 0.2) is 207 Å². The molecule has 0 aliphatic carbocycles. The minimum absolute atomic E-state index is 0.0658. The molecule has 664 valence electrons. The van der Waals surface area contributed by atoms with Crippen LogP contribution >= 0.6 is 15.6 Å². The van der Waals surface area contributed by atoms with Crippen LogP contribution in [0.2, 0.25) is 0 Å². The molecule has 0 aliphatic heterocycles. The Morgan fingerprint density at radius 2 is 0.427 bits per heavy atom. The van der Waals surface area contributed by atoms with Crippen LogP contribution in [0.4, 0.5) is 0 Å². The number of hydrogen-bond donors (Lipinski definition) is 4. The molecule has 0 rings (SSSR count). The summed E-state index contributed by atoms with van der Waals surface area (Å²) in [5.41, 5.74) is 0. The maximum atomic E-state index is 13.1. The number of phosphoric acid groups is 2. The van der Waals surface area contributed by atoms with Gasteiger partial charge in [0.25, 0.3) is 0 Å². The van der Waals surface area contributed by atoms with E-state index in [2.05, 4.69) is 227 Å². The molecule has 0 bridgehead atoms. The molecule has 0 aromatic carbocycles. The summed E-state index contributed by atoms with van der Waals surface area (Å²) in [7, 11) is -9.83. The zero-order valence-electron chi connectivity index (χ0n) is 73.0. The molecule has 16 nitrogen and oxygen atoms in total. The topological polar surface area (TPSA) is 231 Å². The van der Waals surface area contributed by atoms with E-state index in [1.54, 1.807) is 0 Å². The van der Waals surface area contributed by atoms with Crippen molar-refractivity contribution in [1.82, 2.24) is 0 Å². The molecule has 18 heteroatoms. The molecule has 0 spiro atoms. The molecule has 0 radical (unpaired) electrons. The van der Waals surface area contributed by atoms with Gasteiger partial charge in [0, 0.05) is 19.3 Å². The predicted octanol–water partition coefficient (Wildman–Crippen LogP) is 28.0. The quantitative estimate of drug-likeness (QED) is 0.0146. The monoisotopic (exact) mass is 1670 g/mol. The van der Waals surface area contributed by atoms with Crippen LogP contribution in [0.25, 0.3) is 0 Å². The van der Waals surface area contributed by atoms with E-state index in [1.165, 1.54) is 89.9 Å². The predicted molar refractivity (Wildman–Crippen MR) is 491 cm³/mol. The van der Waals surface area contributed by atoms with Crippen LogP contribution in [-0.4, -0.2) is 95.9 Å². The van der Waals surface area contributed by atoms with E-state index >= 15 is 0 Å². The van der Waals surface area contributed by atoms with E-state index in [0.717, 1.165) is 193 Å². The summed E-state index contributed by atoms with van der Waals surface area (Å²) in [6, 6.07) is 0. The van der Waals surface area contributed by atoms with Crippen LogP contribution in [0.5, 0.6) is 0 Å². The van der Waals surface area contributed by atoms with E-state index in [0.29, 0.717) is 19.3 Å². The Labute approximate surface area is 711 Å². The van der Waals surface area contributed by atoms with Gasteiger partial charge < -0.3 is 34.2 Å². The van der Waals surface area contributed by atoms with E-state index in [4.69, 9.17) is 32.3 Å². The minimum Gasteiger partial charge on any atom is -0.463 e. The van der Waals surface area contributed by atoms with Gasteiger partial charge >= 0.3 is 33.6 Å². The van der Waals surface area contributed by atoms with Crippen molar-refractivity contribution in [2.45, 2.75) is 360 Å². The maximum absolute atomic E-state index is 13.1. The third-order valence-corrected chi connectivity index (χ3v) is 20.4. The van der Waals surface area contributed by atoms with Gasteiger partial charge in [0.15, 0.2) is 6.10 Å². The molecule has 0 aromatic rings. The molecule has 0 heterocycles. The van der Waals surface area contributed by atoms with E-state index in [-0.39, 0.29) is 19.3 Å². The van der Waals surface area contributed by atoms with Gasteiger partial charge in [-0.2, -0.15) is 0 Å². The van der Waals surface area contributed by atoms with Gasteiger partial charge in [-0.3, -0.25) is 32.5 Å². The molecule has 4 N–H and O–H groups in total. The third kappa shape index (κ3) is 90.7. The lowest BCUT2D eigenvalue weighted by Crippen LogP contribution is -2.30. The Balaban J connectivity index is 4.63. The summed E-state index contributed by atoms with van der Waals surface area (Å²) in [6.07, 6.45) is 120. The molecule has 0 aromatic heterocycles. The highest BCUT2D eigenvalue weighted by atomic mass is 31.2. The minimum atomic E-state index is -4.96. The first-order chi connectivity index (χ1) is 57.2. The normalized spacial score (nSPS) is 14.8. The van der Waals surface area contributed by atoms with Crippen LogP contribution < -0.4 is 0 Å². The van der Waals surface area contributed by atoms with Crippen molar-refractivity contribution in [1.29, 1.82) is 0 Å². The zero-order valence-corrected chi connectivity index (χ0v) is 74.8. The molecule has 5 unspecified atom stereocenters. The Morgan fingerprint density at radius 1 is 0.239 bits per heavy atom. The first-order valence-electron chi connectivity index (χ1n) is 45.4. The fourth-order valence-electron chi connectivity index (χ4n) is 11.7. The van der Waals surface area contributed by atoms with Crippen LogP contribution in [-0.2, 0) is 55.8 Å². The number of unbranched alkanes of at least 4 members (excludes halogenated alkanes) is 27. The van der Waals surface area contributed by atoms with Gasteiger partial charge in [-0.15, -0.1) is 0 Å². The summed E-state index contributed by atoms with van der Waals surface area (Å²) in [6.45, 7) is 2.32. The number of esters is 3. The summed E-state index contributed by atoms with van der Waals surface area (Å²) >= 11 is 0. The van der Waals surface area contributed by atoms with E-state index in [9.17, 15) is 43.5 Å². The highest BCUT2D eigenvalue weighted by Gasteiger charge is 2.29. The number of ether oxygens (including phenoxy) is 3. The maximum Gasteiger partial charge on any atom is 0.472 e. The molecule has 5 atom stereocenters. The fraction of sp³-hybridized carbons (Fsp3) is 0.626. The average Bonchev–Trinajstić information content (AvgIpc) is 0.896. The fourth-order valence-corrected chi connectivity index (χ4v) is 13.3. The molecule has 0 amide bonds. The number of phosphoric ester groups is 2. The van der Waals surface area contributed by atoms with Gasteiger partial charge in [0.05, 0.1) is 26.4 Å². The first kappa shape index (κ1) is 111. The van der Waals surface area contributed by atoms with Gasteiger partial charge in [0.1, 0.15) is 25.4 Å². The summed E-state index contributed by atoms with van der Waals surface area (Å²) in [5, 5.41) is 20.7. The Morgan fingerprint density at radius 3 is 0.675 bits per heavy atom. The summed E-state index contributed by atoms with van der Waals surface area (Å²) in [4.78, 5) is 59.0. The Kier molecular flexibility index (Phi) is 84.9. The van der Waals surface area contributed by atoms with Crippen molar-refractivity contribution in [3.63, 3.8) is 0 Å². The van der Waals surface area contributed by atoms with Crippen molar-refractivity contribution in [3.05, 3.63) is 207 Å². The number of hydrogen-bond acceptors (Lipinski definition) is 14. The number of rotatable bonds is 84. The first-order valence-corrected chi connectivity index (χ1v) is 48.4. The van der Waals surface area contributed by atoms with E-state index in [1.807, 2.05) is 0 Å². The zero-order chi connectivity index (χ0) is 85.1. The lowest BCUT2D eigenvalue weighted by molar-refractivity contribution is -0.161. The SMILES string of the molecule is CC/C=C\C/C=C\C/C=C\C/C=C\C/C=C\C/C=C\CCCCCCCCCCCCCCCCC(=O)OCC(O)COP(=O)(O)OCC(O)COP(=O)(O)OCC(COC(=O)CCCCCCCCCCC/C=C\C/C=C\C/C=C\C/C=C\C/C=C\CC)OC(=O)CCCCCC/C=C\C/C=C\C/C=C\C/C=C\C/C=C\C/C=C\CC. The number of allylic oxidation sites excluding steroid dienone is 34. The third-order valence-electron chi connectivity index (χ3n) is 18.5. The van der Waals surface area contributed by atoms with Crippen molar-refractivity contribution in [2.75, 3.05) is 39.6 Å². The van der Waals surface area contributed by atoms with Crippen LogP contribution in [0.1, 0.15) is 342 Å². The number of carbonyl (C=O) groups is 3. The van der Waals surface area contributed by atoms with Crippen molar-refractivity contribution < 1.29 is 75.8 Å². The number of aliphatic hydroxyl groups excluding tert-OH is 2. The van der Waals surface area contributed by atoms with Gasteiger partial charge in [-0.05, 0) is 167 Å². The van der Waals surface area contributed by atoms with Crippen LogP contribution in [0, 0.1) is 0 Å². The smallest absolute Gasteiger partial charge is 0.463 e. The van der Waals surface area contributed by atoms with Crippen molar-refractivity contribution in [2.24, 2.45) is 0 Å². The highest BCUT2D eigenvalue weighted by Crippen LogP contribution is 2.45. The molecule has 117 heavy (non-hydrogen) atoms. The Bertz CT molecular complexity index is 2960. The second-order valence-electron chi connectivity index (χ2n) is 29.6. The Hall–Kier alpha value is -5.87. The lowest BCUT2D eigenvalue weighted by Gasteiger charge is -2.21. The van der Waals surface area contributed by atoms with E-state index < -0.39 is 91.5 Å². The second-order valence-corrected chi connectivity index (χ2v) is 32.5. The largest absolute Gasteiger partial charge is 0.472 e. The number of carbonyl (C=O) groups excluding carboxylic acids is 3. The molecule has 0 saturated heterocycles. The molecule has 0 aliphatic rings. The van der Waals surface area contributed by atoms with Gasteiger partial charge in [-0.25, -0.2) is 9.13 Å². The molecular formula is C99H162O16P2. The average molecular weight is 1670 g/mol. The number of aliphatic hydroxyl groups is 2.